The van der Waals surface area contributed by atoms with E-state index in [2.05, 4.69) is 10.6 Å². The van der Waals surface area contributed by atoms with Crippen LogP contribution in [-0.2, 0) is 14.3 Å². The molecule has 0 saturated carbocycles. The van der Waals surface area contributed by atoms with Crippen LogP contribution >= 0.6 is 0 Å². The number of ether oxygens (including phenoxy) is 2. The van der Waals surface area contributed by atoms with Crippen molar-refractivity contribution < 1.29 is 29.0 Å². The smallest absolute Gasteiger partial charge is 0.408 e. The van der Waals surface area contributed by atoms with Crippen LogP contribution in [0.3, 0.4) is 0 Å². The zero-order valence-electron chi connectivity index (χ0n) is 19.4. The lowest BCUT2D eigenvalue weighted by molar-refractivity contribution is -0.123. The molecule has 0 bridgehead atoms. The Morgan fingerprint density at radius 3 is 2.09 bits per heavy atom. The van der Waals surface area contributed by atoms with E-state index < -0.39 is 23.5 Å². The summed E-state index contributed by atoms with van der Waals surface area (Å²) in [5, 5.41) is 14.5. The van der Waals surface area contributed by atoms with Gasteiger partial charge in [-0.15, -0.1) is 0 Å². The second kappa shape index (κ2) is 9.99. The van der Waals surface area contributed by atoms with Gasteiger partial charge in [-0.1, -0.05) is 60.7 Å². The number of aromatic carboxylic acids is 1. The summed E-state index contributed by atoms with van der Waals surface area (Å²) in [5.41, 5.74) is 2.90. The quantitative estimate of drug-likeness (QED) is 0.449. The van der Waals surface area contributed by atoms with Crippen LogP contribution in [0.5, 0.6) is 0 Å². The van der Waals surface area contributed by atoms with Gasteiger partial charge in [0.1, 0.15) is 12.1 Å². The van der Waals surface area contributed by atoms with Crippen molar-refractivity contribution in [3.63, 3.8) is 0 Å². The van der Waals surface area contributed by atoms with Crippen LogP contribution in [0, 0.1) is 0 Å². The number of fused-ring (bicyclic) bond motifs is 3. The molecule has 0 heterocycles. The first-order valence-electron chi connectivity index (χ1n) is 11.1. The number of methoxy groups -OCH3 is 1. The fraction of sp³-hybridized carbons (Fsp3) is 0.222. The number of carboxylic acid groups (broad SMARTS) is 1. The number of carbonyl (C=O) groups excluding carboxylic acids is 2. The minimum absolute atomic E-state index is 0.0678. The summed E-state index contributed by atoms with van der Waals surface area (Å²) in [6, 6.07) is 22.0. The molecule has 2 amide bonds. The third-order valence-corrected chi connectivity index (χ3v) is 6.06. The lowest BCUT2D eigenvalue weighted by Gasteiger charge is -2.29. The molecule has 1 aliphatic rings. The summed E-state index contributed by atoms with van der Waals surface area (Å²) in [5.74, 6) is -1.95. The van der Waals surface area contributed by atoms with Crippen molar-refractivity contribution >= 4 is 23.7 Å². The Morgan fingerprint density at radius 1 is 0.914 bits per heavy atom. The molecule has 1 unspecified atom stereocenters. The van der Waals surface area contributed by atoms with Gasteiger partial charge in [0.05, 0.1) is 17.9 Å². The molecule has 180 valence electrons. The minimum atomic E-state index is -1.51. The van der Waals surface area contributed by atoms with E-state index in [0.29, 0.717) is 0 Å². The number of para-hydroxylation sites is 1. The second-order valence-electron chi connectivity index (χ2n) is 8.52. The average Bonchev–Trinajstić information content (AvgIpc) is 3.17. The highest BCUT2D eigenvalue weighted by Crippen LogP contribution is 2.44. The summed E-state index contributed by atoms with van der Waals surface area (Å²) < 4.78 is 10.7. The molecule has 0 fully saturated rings. The van der Waals surface area contributed by atoms with Crippen molar-refractivity contribution in [1.82, 2.24) is 5.32 Å². The van der Waals surface area contributed by atoms with Gasteiger partial charge in [-0.05, 0) is 41.3 Å². The van der Waals surface area contributed by atoms with E-state index in [1.807, 2.05) is 48.5 Å². The number of hydrogen-bond donors (Lipinski definition) is 3. The van der Waals surface area contributed by atoms with Crippen molar-refractivity contribution in [2.75, 3.05) is 25.6 Å². The van der Waals surface area contributed by atoms with Gasteiger partial charge in [0, 0.05) is 13.0 Å². The molecule has 0 spiro atoms. The lowest BCUT2D eigenvalue weighted by atomic mass is 9.98. The molecule has 1 atom stereocenters. The highest BCUT2D eigenvalue weighted by molar-refractivity contribution is 6.04. The lowest BCUT2D eigenvalue weighted by Crippen LogP contribution is -2.57. The van der Waals surface area contributed by atoms with Crippen molar-refractivity contribution in [2.24, 2.45) is 0 Å². The van der Waals surface area contributed by atoms with Crippen LogP contribution < -0.4 is 10.6 Å². The molecule has 3 aromatic carbocycles. The first-order valence-corrected chi connectivity index (χ1v) is 11.1. The predicted octanol–water partition coefficient (Wildman–Crippen LogP) is 4.27. The Labute approximate surface area is 202 Å². The Bertz CT molecular complexity index is 1230. The summed E-state index contributed by atoms with van der Waals surface area (Å²) >= 11 is 0. The van der Waals surface area contributed by atoms with Crippen molar-refractivity contribution in [2.45, 2.75) is 18.4 Å². The normalized spacial score (nSPS) is 13.8. The highest BCUT2D eigenvalue weighted by Gasteiger charge is 2.37. The molecule has 3 aromatic rings. The Balaban J connectivity index is 1.47. The predicted molar refractivity (Wildman–Crippen MR) is 131 cm³/mol. The Morgan fingerprint density at radius 2 is 1.49 bits per heavy atom. The van der Waals surface area contributed by atoms with Gasteiger partial charge in [0.2, 0.25) is 0 Å². The van der Waals surface area contributed by atoms with Gasteiger partial charge >= 0.3 is 12.1 Å². The van der Waals surface area contributed by atoms with E-state index in [4.69, 9.17) is 9.47 Å². The van der Waals surface area contributed by atoms with Gasteiger partial charge < -0.3 is 25.2 Å². The molecule has 1 aliphatic carbocycles. The number of rotatable bonds is 8. The number of carbonyl (C=O) groups is 3. The fourth-order valence-electron chi connectivity index (χ4n) is 4.35. The third kappa shape index (κ3) is 4.88. The molecule has 0 aliphatic heterocycles. The number of benzene rings is 3. The molecule has 8 heteroatoms. The molecule has 0 radical (unpaired) electrons. The summed E-state index contributed by atoms with van der Waals surface area (Å²) in [6.45, 7) is 1.42. The van der Waals surface area contributed by atoms with Gasteiger partial charge in [0.15, 0.2) is 0 Å². The number of carboxylic acids is 1. The van der Waals surface area contributed by atoms with Gasteiger partial charge in [-0.3, -0.25) is 4.79 Å². The van der Waals surface area contributed by atoms with Gasteiger partial charge in [-0.25, -0.2) is 9.59 Å². The maximum absolute atomic E-state index is 13.1. The Hall–Kier alpha value is -4.17. The van der Waals surface area contributed by atoms with E-state index in [1.165, 1.54) is 26.2 Å². The number of amides is 2. The van der Waals surface area contributed by atoms with Gasteiger partial charge in [0.25, 0.3) is 5.91 Å². The molecular formula is C27H26N2O6. The standard InChI is InChI=1S/C27H26N2O6/c1-27(16-34-2,25(32)28-23-14-8-7-13-21(23)24(30)31)29-26(33)35-15-22-19-11-5-3-9-17(19)18-10-4-6-12-20(18)22/h3-14,22H,15-16H2,1-2H3,(H,28,32)(H,29,33)(H,30,31). The number of anilines is 1. The first-order chi connectivity index (χ1) is 16.8. The zero-order valence-corrected chi connectivity index (χ0v) is 19.4. The Kier molecular flexibility index (Phi) is 6.84. The monoisotopic (exact) mass is 474 g/mol. The fourth-order valence-corrected chi connectivity index (χ4v) is 4.35. The number of nitrogens with one attached hydrogen (secondary N) is 2. The molecule has 0 saturated heterocycles. The third-order valence-electron chi connectivity index (χ3n) is 6.06. The van der Waals surface area contributed by atoms with Crippen molar-refractivity contribution in [3.8, 4) is 11.1 Å². The minimum Gasteiger partial charge on any atom is -0.478 e. The molecule has 3 N–H and O–H groups in total. The maximum atomic E-state index is 13.1. The van der Waals surface area contributed by atoms with Crippen LogP contribution in [0.2, 0.25) is 0 Å². The number of alkyl carbamates (subject to hydrolysis) is 1. The van der Waals surface area contributed by atoms with Gasteiger partial charge in [-0.2, -0.15) is 0 Å². The van der Waals surface area contributed by atoms with E-state index in [0.717, 1.165) is 22.3 Å². The van der Waals surface area contributed by atoms with Crippen LogP contribution in [-0.4, -0.2) is 48.9 Å². The van der Waals surface area contributed by atoms with E-state index >= 15 is 0 Å². The topological polar surface area (TPSA) is 114 Å². The van der Waals surface area contributed by atoms with Crippen LogP contribution in [0.4, 0.5) is 10.5 Å². The maximum Gasteiger partial charge on any atom is 0.408 e. The van der Waals surface area contributed by atoms with E-state index in [-0.39, 0.29) is 30.4 Å². The van der Waals surface area contributed by atoms with Crippen LogP contribution in [0.25, 0.3) is 11.1 Å². The largest absolute Gasteiger partial charge is 0.478 e. The van der Waals surface area contributed by atoms with Crippen molar-refractivity contribution in [3.05, 3.63) is 89.5 Å². The molecule has 4 rings (SSSR count). The average molecular weight is 475 g/mol. The molecule has 0 aromatic heterocycles. The highest BCUT2D eigenvalue weighted by atomic mass is 16.5. The summed E-state index contributed by atoms with van der Waals surface area (Å²) in [6.07, 6.45) is -0.784. The second-order valence-corrected chi connectivity index (χ2v) is 8.52. The SMILES string of the molecule is COCC(C)(NC(=O)OCC1c2ccccc2-c2ccccc21)C(=O)Nc1ccccc1C(=O)O. The van der Waals surface area contributed by atoms with E-state index in [1.54, 1.807) is 12.1 Å². The van der Waals surface area contributed by atoms with Crippen molar-refractivity contribution in [1.29, 1.82) is 0 Å². The molecular weight excluding hydrogens is 448 g/mol. The number of hydrogen-bond acceptors (Lipinski definition) is 5. The summed E-state index contributed by atoms with van der Waals surface area (Å²) in [7, 11) is 1.40. The molecule has 35 heavy (non-hydrogen) atoms. The first kappa shape index (κ1) is 24.0. The van der Waals surface area contributed by atoms with E-state index in [9.17, 15) is 19.5 Å². The summed E-state index contributed by atoms with van der Waals surface area (Å²) in [4.78, 5) is 37.3. The molecule has 8 nitrogen and oxygen atoms in total. The van der Waals surface area contributed by atoms with Crippen LogP contribution in [0.1, 0.15) is 34.3 Å². The zero-order chi connectivity index (χ0) is 25.0. The van der Waals surface area contributed by atoms with Crippen LogP contribution in [0.15, 0.2) is 72.8 Å².